The number of aryl methyl sites for hydroxylation is 1. The van der Waals surface area contributed by atoms with Crippen molar-refractivity contribution in [2.24, 2.45) is 23.2 Å². The normalized spacial score (nSPS) is 28.5. The summed E-state index contributed by atoms with van der Waals surface area (Å²) in [5, 5.41) is 4.90. The van der Waals surface area contributed by atoms with Gasteiger partial charge in [-0.15, -0.1) is 0 Å². The van der Waals surface area contributed by atoms with E-state index in [0.29, 0.717) is 5.78 Å². The van der Waals surface area contributed by atoms with Crippen LogP contribution in [0.4, 0.5) is 0 Å². The van der Waals surface area contributed by atoms with Crippen LogP contribution in [0.15, 0.2) is 66.9 Å². The number of carbonyl (C=O) groups excluding carboxylic acids is 1. The lowest BCUT2D eigenvalue weighted by atomic mass is 9.48. The molecule has 4 aliphatic carbocycles. The largest absolute Gasteiger partial charge is 0.294 e. The molecule has 0 unspecified atom stereocenters. The molecule has 0 radical (unpaired) electrons. The number of rotatable bonds is 5. The Morgan fingerprint density at radius 3 is 2.19 bits per heavy atom. The summed E-state index contributed by atoms with van der Waals surface area (Å²) in [5.74, 6) is 2.69. The number of hydrogen-bond donors (Lipinski definition) is 0. The van der Waals surface area contributed by atoms with Crippen LogP contribution in [-0.4, -0.2) is 15.6 Å². The van der Waals surface area contributed by atoms with Gasteiger partial charge in [0.1, 0.15) is 0 Å². The monoisotopic (exact) mass is 422 g/mol. The Morgan fingerprint density at radius 1 is 0.938 bits per heavy atom. The first-order valence-corrected chi connectivity index (χ1v) is 12.0. The minimum atomic E-state index is -0.0926. The molecule has 0 atom stereocenters. The Labute approximate surface area is 190 Å². The zero-order valence-corrected chi connectivity index (χ0v) is 18.7. The first-order chi connectivity index (χ1) is 15.6. The van der Waals surface area contributed by atoms with Gasteiger partial charge in [-0.25, -0.2) is 4.68 Å². The lowest BCUT2D eigenvalue weighted by molar-refractivity contribution is -0.138. The van der Waals surface area contributed by atoms with Crippen molar-refractivity contribution in [2.45, 2.75) is 45.4 Å². The van der Waals surface area contributed by atoms with Gasteiger partial charge in [-0.05, 0) is 87.5 Å². The topological polar surface area (TPSA) is 34.9 Å². The summed E-state index contributed by atoms with van der Waals surface area (Å²) in [5.41, 5.74) is 5.15. The van der Waals surface area contributed by atoms with Crippen LogP contribution in [0.3, 0.4) is 0 Å². The third-order valence-electron chi connectivity index (χ3n) is 8.06. The number of hydrogen-bond acceptors (Lipinski definition) is 2. The van der Waals surface area contributed by atoms with Gasteiger partial charge in [0.05, 0.1) is 11.4 Å². The summed E-state index contributed by atoms with van der Waals surface area (Å²) in [7, 11) is 0. The summed E-state index contributed by atoms with van der Waals surface area (Å²) in [6.07, 6.45) is 13.3. The van der Waals surface area contributed by atoms with Crippen molar-refractivity contribution in [1.29, 1.82) is 0 Å². The fourth-order valence-corrected chi connectivity index (χ4v) is 6.91. The molecule has 4 bridgehead atoms. The summed E-state index contributed by atoms with van der Waals surface area (Å²) >= 11 is 0. The van der Waals surface area contributed by atoms with Crippen LogP contribution in [0.25, 0.3) is 23.0 Å². The van der Waals surface area contributed by atoms with Crippen molar-refractivity contribution >= 4 is 11.9 Å². The number of carbonyl (C=O) groups is 1. The van der Waals surface area contributed by atoms with Crippen LogP contribution >= 0.6 is 0 Å². The Morgan fingerprint density at radius 2 is 1.56 bits per heavy atom. The molecule has 162 valence electrons. The average Bonchev–Trinajstić information content (AvgIpc) is 3.22. The lowest BCUT2D eigenvalue weighted by Crippen LogP contribution is -2.49. The summed E-state index contributed by atoms with van der Waals surface area (Å²) in [6, 6.07) is 18.6. The van der Waals surface area contributed by atoms with Gasteiger partial charge in [0.25, 0.3) is 0 Å². The third-order valence-corrected chi connectivity index (χ3v) is 8.06. The van der Waals surface area contributed by atoms with Crippen molar-refractivity contribution in [2.75, 3.05) is 0 Å². The Hall–Kier alpha value is -2.94. The standard InChI is InChI=1S/C29H30N2O/c1-20-7-9-24(10-8-20)28-25(19-31(30-28)26-5-3-2-4-6-26)11-12-27(32)29-16-21-13-22(17-29)15-23(14-21)18-29/h2-12,19,21-23H,13-18H2,1H3. The minimum Gasteiger partial charge on any atom is -0.294 e. The Kier molecular flexibility index (Phi) is 4.67. The highest BCUT2D eigenvalue weighted by molar-refractivity contribution is 5.99. The molecule has 1 heterocycles. The van der Waals surface area contributed by atoms with Gasteiger partial charge in [0, 0.05) is 22.7 Å². The highest BCUT2D eigenvalue weighted by atomic mass is 16.1. The summed E-state index contributed by atoms with van der Waals surface area (Å²) < 4.78 is 1.92. The summed E-state index contributed by atoms with van der Waals surface area (Å²) in [6.45, 7) is 2.09. The molecule has 3 heteroatoms. The van der Waals surface area contributed by atoms with Crippen LogP contribution in [0.1, 0.15) is 49.7 Å². The van der Waals surface area contributed by atoms with E-state index in [2.05, 4.69) is 43.3 Å². The maximum absolute atomic E-state index is 13.5. The molecule has 0 amide bonds. The van der Waals surface area contributed by atoms with Gasteiger partial charge in [-0.3, -0.25) is 4.79 Å². The van der Waals surface area contributed by atoms with Crippen molar-refractivity contribution in [1.82, 2.24) is 9.78 Å². The Balaban J connectivity index is 1.34. The highest BCUT2D eigenvalue weighted by Gasteiger charge is 2.53. The van der Waals surface area contributed by atoms with Crippen molar-refractivity contribution in [3.63, 3.8) is 0 Å². The minimum absolute atomic E-state index is 0.0926. The smallest absolute Gasteiger partial charge is 0.161 e. The average molecular weight is 423 g/mol. The predicted molar refractivity (Wildman–Crippen MR) is 128 cm³/mol. The second-order valence-corrected chi connectivity index (χ2v) is 10.5. The number of aromatic nitrogens is 2. The van der Waals surface area contributed by atoms with Gasteiger partial charge in [-0.2, -0.15) is 5.10 Å². The quantitative estimate of drug-likeness (QED) is 0.432. The van der Waals surface area contributed by atoms with E-state index < -0.39 is 0 Å². The van der Waals surface area contributed by atoms with Crippen LogP contribution in [0.5, 0.6) is 0 Å². The van der Waals surface area contributed by atoms with Crippen molar-refractivity contribution in [3.8, 4) is 16.9 Å². The number of nitrogens with zero attached hydrogens (tertiary/aromatic N) is 2. The van der Waals surface area contributed by atoms with Gasteiger partial charge in [-0.1, -0.05) is 48.0 Å². The van der Waals surface area contributed by atoms with E-state index in [4.69, 9.17) is 5.10 Å². The molecule has 2 aromatic carbocycles. The van der Waals surface area contributed by atoms with E-state index >= 15 is 0 Å². The molecule has 4 saturated carbocycles. The Bertz CT molecular complexity index is 1130. The first kappa shape index (κ1) is 19.7. The third kappa shape index (κ3) is 3.44. The molecule has 0 aliphatic heterocycles. The van der Waals surface area contributed by atoms with Crippen LogP contribution in [0.2, 0.25) is 0 Å². The fourth-order valence-electron chi connectivity index (χ4n) is 6.91. The van der Waals surface area contributed by atoms with Gasteiger partial charge in [0.15, 0.2) is 5.78 Å². The number of benzene rings is 2. The lowest BCUT2D eigenvalue weighted by Gasteiger charge is -2.55. The molecular weight excluding hydrogens is 392 g/mol. The molecule has 0 saturated heterocycles. The van der Waals surface area contributed by atoms with Gasteiger partial charge in [0.2, 0.25) is 0 Å². The van der Waals surface area contributed by atoms with Crippen LogP contribution in [-0.2, 0) is 4.79 Å². The first-order valence-electron chi connectivity index (χ1n) is 12.0. The molecule has 0 N–H and O–H groups in total. The van der Waals surface area contributed by atoms with E-state index in [9.17, 15) is 4.79 Å². The van der Waals surface area contributed by atoms with Gasteiger partial charge >= 0.3 is 0 Å². The fraction of sp³-hybridized carbons (Fsp3) is 0.379. The zero-order valence-electron chi connectivity index (χ0n) is 18.7. The second kappa shape index (κ2) is 7.58. The molecule has 32 heavy (non-hydrogen) atoms. The molecule has 4 fully saturated rings. The molecule has 4 aliphatic rings. The maximum Gasteiger partial charge on any atom is 0.161 e. The van der Waals surface area contributed by atoms with Gasteiger partial charge < -0.3 is 0 Å². The number of para-hydroxylation sites is 1. The van der Waals surface area contributed by atoms with E-state index in [-0.39, 0.29) is 5.41 Å². The van der Waals surface area contributed by atoms with E-state index in [1.165, 1.54) is 24.8 Å². The molecule has 7 rings (SSSR count). The molecule has 1 aromatic heterocycles. The zero-order chi connectivity index (χ0) is 21.7. The number of allylic oxidation sites excluding steroid dienone is 1. The van der Waals surface area contributed by atoms with E-state index in [1.807, 2.05) is 41.2 Å². The SMILES string of the molecule is Cc1ccc(-c2nn(-c3ccccc3)cc2C=CC(=O)C23CC4CC(CC(C4)C2)C3)cc1. The second-order valence-electron chi connectivity index (χ2n) is 10.5. The molecule has 3 aromatic rings. The van der Waals surface area contributed by atoms with Crippen molar-refractivity contribution in [3.05, 3.63) is 78.0 Å². The molecule has 0 spiro atoms. The highest BCUT2D eigenvalue weighted by Crippen LogP contribution is 2.60. The molecule has 3 nitrogen and oxygen atoms in total. The van der Waals surface area contributed by atoms with Crippen LogP contribution in [0, 0.1) is 30.1 Å². The van der Waals surface area contributed by atoms with Crippen LogP contribution < -0.4 is 0 Å². The van der Waals surface area contributed by atoms with Crippen molar-refractivity contribution < 1.29 is 4.79 Å². The molecular formula is C29H30N2O. The van der Waals surface area contributed by atoms with E-state index in [0.717, 1.165) is 59.5 Å². The van der Waals surface area contributed by atoms with E-state index in [1.54, 1.807) is 0 Å². The summed E-state index contributed by atoms with van der Waals surface area (Å²) in [4.78, 5) is 13.5. The maximum atomic E-state index is 13.5. The predicted octanol–water partition coefficient (Wildman–Crippen LogP) is 6.65. The number of ketones is 1.